The van der Waals surface area contributed by atoms with Gasteiger partial charge < -0.3 is 9.84 Å². The zero-order valence-electron chi connectivity index (χ0n) is 11.0. The summed E-state index contributed by atoms with van der Waals surface area (Å²) in [6.45, 7) is 3.25. The van der Waals surface area contributed by atoms with Gasteiger partial charge in [0.25, 0.3) is 0 Å². The predicted octanol–water partition coefficient (Wildman–Crippen LogP) is 1.56. The number of benzene rings is 1. The van der Waals surface area contributed by atoms with Crippen LogP contribution in [0.15, 0.2) is 18.2 Å². The van der Waals surface area contributed by atoms with Gasteiger partial charge >= 0.3 is 11.7 Å². The molecule has 0 unspecified atom stereocenters. The van der Waals surface area contributed by atoms with Crippen molar-refractivity contribution in [1.82, 2.24) is 5.32 Å². The monoisotopic (exact) mass is 268 g/mol. The second-order valence-electron chi connectivity index (χ2n) is 4.55. The van der Waals surface area contributed by atoms with Crippen LogP contribution >= 0.6 is 0 Å². The molecule has 0 saturated carbocycles. The lowest BCUT2D eigenvalue weighted by atomic mass is 10.1. The van der Waals surface area contributed by atoms with Gasteiger partial charge in [-0.1, -0.05) is 6.07 Å². The van der Waals surface area contributed by atoms with Gasteiger partial charge in [0.15, 0.2) is 5.75 Å². The highest BCUT2D eigenvalue weighted by atomic mass is 16.6. The van der Waals surface area contributed by atoms with Crippen molar-refractivity contribution in [2.45, 2.75) is 25.9 Å². The Morgan fingerprint density at radius 3 is 2.63 bits per heavy atom. The maximum Gasteiger partial charge on any atom is 0.323 e. The van der Waals surface area contributed by atoms with Gasteiger partial charge in [0.2, 0.25) is 0 Å². The third-order valence-electron chi connectivity index (χ3n) is 2.71. The van der Waals surface area contributed by atoms with E-state index < -0.39 is 16.4 Å². The summed E-state index contributed by atoms with van der Waals surface area (Å²) in [4.78, 5) is 21.2. The molecule has 1 aromatic carbocycles. The third-order valence-corrected chi connectivity index (χ3v) is 2.71. The summed E-state index contributed by atoms with van der Waals surface area (Å²) >= 11 is 0. The quantitative estimate of drug-likeness (QED) is 0.599. The van der Waals surface area contributed by atoms with Crippen LogP contribution in [-0.2, 0) is 11.3 Å². The van der Waals surface area contributed by atoms with Crippen LogP contribution in [0.5, 0.6) is 5.75 Å². The highest BCUT2D eigenvalue weighted by molar-refractivity contribution is 5.77. The molecule has 0 amide bonds. The molecule has 0 saturated heterocycles. The molecular formula is C12H16N2O5. The Bertz CT molecular complexity index is 499. The van der Waals surface area contributed by atoms with Crippen molar-refractivity contribution in [3.05, 3.63) is 33.9 Å². The van der Waals surface area contributed by atoms with E-state index >= 15 is 0 Å². The molecule has 0 bridgehead atoms. The molecule has 0 radical (unpaired) electrons. The molecule has 0 aliphatic heterocycles. The summed E-state index contributed by atoms with van der Waals surface area (Å²) in [5, 5.41) is 22.6. The Morgan fingerprint density at radius 2 is 2.16 bits per heavy atom. The zero-order chi connectivity index (χ0) is 14.6. The van der Waals surface area contributed by atoms with Crippen LogP contribution in [0.25, 0.3) is 0 Å². The summed E-state index contributed by atoms with van der Waals surface area (Å²) in [5.41, 5.74) is -0.633. The molecule has 0 heterocycles. The minimum Gasteiger partial charge on any atom is -0.490 e. The highest BCUT2D eigenvalue weighted by Crippen LogP contribution is 2.27. The average Bonchev–Trinajstić information content (AvgIpc) is 2.35. The number of carbonyl (C=O) groups is 1. The summed E-state index contributed by atoms with van der Waals surface area (Å²) in [6.07, 6.45) is 0. The molecule has 1 rings (SSSR count). The summed E-state index contributed by atoms with van der Waals surface area (Å²) in [5.74, 6) is -0.818. The van der Waals surface area contributed by atoms with Crippen LogP contribution in [-0.4, -0.2) is 28.6 Å². The number of methoxy groups -OCH3 is 1. The fourth-order valence-electron chi connectivity index (χ4n) is 1.39. The lowest BCUT2D eigenvalue weighted by Crippen LogP contribution is -2.46. The number of nitro groups is 1. The number of nitro benzene ring substituents is 1. The van der Waals surface area contributed by atoms with E-state index in [2.05, 4.69) is 5.32 Å². The largest absolute Gasteiger partial charge is 0.490 e. The maximum atomic E-state index is 10.9. The van der Waals surface area contributed by atoms with E-state index in [-0.39, 0.29) is 18.0 Å². The highest BCUT2D eigenvalue weighted by Gasteiger charge is 2.26. The second kappa shape index (κ2) is 5.66. The first kappa shape index (κ1) is 14.9. The minimum absolute atomic E-state index is 0.144. The van der Waals surface area contributed by atoms with Gasteiger partial charge in [-0.25, -0.2) is 0 Å². The Morgan fingerprint density at radius 1 is 1.53 bits per heavy atom. The van der Waals surface area contributed by atoms with Gasteiger partial charge in [-0.2, -0.15) is 0 Å². The van der Waals surface area contributed by atoms with Crippen LogP contribution in [0.2, 0.25) is 0 Å². The van der Waals surface area contributed by atoms with Crippen LogP contribution in [0.1, 0.15) is 19.4 Å². The number of carboxylic acid groups (broad SMARTS) is 1. The first-order valence-electron chi connectivity index (χ1n) is 5.57. The smallest absolute Gasteiger partial charge is 0.323 e. The van der Waals surface area contributed by atoms with Gasteiger partial charge in [0, 0.05) is 12.6 Å². The van der Waals surface area contributed by atoms with Gasteiger partial charge in [0.1, 0.15) is 5.54 Å². The van der Waals surface area contributed by atoms with Crippen molar-refractivity contribution in [3.8, 4) is 5.75 Å². The van der Waals surface area contributed by atoms with E-state index in [0.29, 0.717) is 5.56 Å². The lowest BCUT2D eigenvalue weighted by Gasteiger charge is -2.21. The van der Waals surface area contributed by atoms with Crippen LogP contribution in [0.4, 0.5) is 5.69 Å². The van der Waals surface area contributed by atoms with Gasteiger partial charge in [-0.15, -0.1) is 0 Å². The van der Waals surface area contributed by atoms with E-state index in [0.717, 1.165) is 0 Å². The van der Waals surface area contributed by atoms with E-state index in [4.69, 9.17) is 9.84 Å². The van der Waals surface area contributed by atoms with Crippen molar-refractivity contribution in [2.24, 2.45) is 0 Å². The lowest BCUT2D eigenvalue weighted by molar-refractivity contribution is -0.385. The van der Waals surface area contributed by atoms with Crippen molar-refractivity contribution >= 4 is 11.7 Å². The molecule has 0 fully saturated rings. The molecule has 2 N–H and O–H groups in total. The Kier molecular flexibility index (Phi) is 4.44. The molecule has 104 valence electrons. The Hall–Kier alpha value is -2.15. The Labute approximate surface area is 110 Å². The molecule has 19 heavy (non-hydrogen) atoms. The predicted molar refractivity (Wildman–Crippen MR) is 68.2 cm³/mol. The number of rotatable bonds is 6. The number of nitrogens with zero attached hydrogens (tertiary/aromatic N) is 1. The van der Waals surface area contributed by atoms with Crippen LogP contribution in [0.3, 0.4) is 0 Å². The van der Waals surface area contributed by atoms with Crippen LogP contribution < -0.4 is 10.1 Å². The van der Waals surface area contributed by atoms with Crippen molar-refractivity contribution < 1.29 is 19.6 Å². The second-order valence-corrected chi connectivity index (χ2v) is 4.55. The van der Waals surface area contributed by atoms with E-state index in [9.17, 15) is 14.9 Å². The molecule has 7 nitrogen and oxygen atoms in total. The number of carboxylic acids is 1. The minimum atomic E-state index is -1.10. The molecule has 0 spiro atoms. The van der Waals surface area contributed by atoms with Gasteiger partial charge in [-0.05, 0) is 25.5 Å². The SMILES string of the molecule is COc1ccc(CNC(C)(C)C(=O)O)cc1[N+](=O)[O-]. The van der Waals surface area contributed by atoms with E-state index in [1.165, 1.54) is 33.1 Å². The summed E-state index contributed by atoms with van der Waals surface area (Å²) in [7, 11) is 1.35. The van der Waals surface area contributed by atoms with Gasteiger partial charge in [0.05, 0.1) is 12.0 Å². The fourth-order valence-corrected chi connectivity index (χ4v) is 1.39. The number of aliphatic carboxylic acids is 1. The van der Waals surface area contributed by atoms with Crippen LogP contribution in [0, 0.1) is 10.1 Å². The molecule has 0 aliphatic carbocycles. The Balaban J connectivity index is 2.89. The average molecular weight is 268 g/mol. The van der Waals surface area contributed by atoms with Gasteiger partial charge in [-0.3, -0.25) is 20.2 Å². The molecule has 0 aliphatic rings. The number of hydrogen-bond acceptors (Lipinski definition) is 5. The topological polar surface area (TPSA) is 102 Å². The molecule has 7 heteroatoms. The summed E-state index contributed by atoms with van der Waals surface area (Å²) < 4.78 is 4.89. The zero-order valence-corrected chi connectivity index (χ0v) is 11.0. The molecule has 0 atom stereocenters. The van der Waals surface area contributed by atoms with Crippen molar-refractivity contribution in [1.29, 1.82) is 0 Å². The number of hydrogen-bond donors (Lipinski definition) is 2. The number of nitrogens with one attached hydrogen (secondary N) is 1. The molecule has 0 aromatic heterocycles. The maximum absolute atomic E-state index is 10.9. The molecule has 1 aromatic rings. The van der Waals surface area contributed by atoms with Crippen molar-refractivity contribution in [3.63, 3.8) is 0 Å². The summed E-state index contributed by atoms with van der Waals surface area (Å²) in [6, 6.07) is 4.50. The third kappa shape index (κ3) is 3.65. The standard InChI is InChI=1S/C12H16N2O5/c1-12(2,11(15)16)13-7-8-4-5-10(19-3)9(6-8)14(17)18/h4-6,13H,7H2,1-3H3,(H,15,16). The van der Waals surface area contributed by atoms with E-state index in [1.54, 1.807) is 6.07 Å². The molecular weight excluding hydrogens is 252 g/mol. The normalized spacial score (nSPS) is 11.1. The fraction of sp³-hybridized carbons (Fsp3) is 0.417. The van der Waals surface area contributed by atoms with Crippen molar-refractivity contribution in [2.75, 3.05) is 7.11 Å². The first-order chi connectivity index (χ1) is 8.77. The van der Waals surface area contributed by atoms with E-state index in [1.807, 2.05) is 0 Å². The number of ether oxygens (including phenoxy) is 1. The first-order valence-corrected chi connectivity index (χ1v) is 5.57.